The summed E-state index contributed by atoms with van der Waals surface area (Å²) in [6.45, 7) is 3.38. The Kier molecular flexibility index (Phi) is 5.02. The molecule has 0 amide bonds. The van der Waals surface area contributed by atoms with Gasteiger partial charge in [0.25, 0.3) is 0 Å². The number of hydrogen-bond acceptors (Lipinski definition) is 6. The summed E-state index contributed by atoms with van der Waals surface area (Å²) in [5.74, 6) is 0.252. The molecule has 24 heavy (non-hydrogen) atoms. The zero-order chi connectivity index (χ0) is 16.9. The van der Waals surface area contributed by atoms with Gasteiger partial charge in [0.2, 0.25) is 5.95 Å². The second kappa shape index (κ2) is 7.37. The Labute approximate surface area is 140 Å². The first kappa shape index (κ1) is 16.4. The number of aryl methyl sites for hydroxylation is 1. The molecule has 0 spiro atoms. The van der Waals surface area contributed by atoms with Crippen molar-refractivity contribution in [3.8, 4) is 11.4 Å². The van der Waals surface area contributed by atoms with Crippen molar-refractivity contribution in [1.29, 1.82) is 0 Å². The Hall–Kier alpha value is -2.51. The van der Waals surface area contributed by atoms with Gasteiger partial charge in [-0.15, -0.1) is 5.10 Å². The van der Waals surface area contributed by atoms with Crippen LogP contribution in [0.1, 0.15) is 18.4 Å². The number of anilines is 1. The van der Waals surface area contributed by atoms with E-state index in [-0.39, 0.29) is 12.1 Å². The molecule has 4 rings (SSSR count). The highest BCUT2D eigenvalue weighted by Crippen LogP contribution is 2.19. The highest BCUT2D eigenvalue weighted by atomic mass is 16.5. The minimum atomic E-state index is -0.186. The van der Waals surface area contributed by atoms with Crippen LogP contribution in [0.2, 0.25) is 0 Å². The van der Waals surface area contributed by atoms with Crippen LogP contribution in [0.3, 0.4) is 0 Å². The molecular formula is C17H21N5O2. The summed E-state index contributed by atoms with van der Waals surface area (Å²) in [5, 5.41) is 13.0. The molecule has 0 saturated carbocycles. The molecule has 1 aliphatic rings. The molecule has 1 saturated heterocycles. The number of aliphatic hydroxyl groups is 1. The molecule has 126 valence electrons. The molecule has 0 aliphatic carbocycles. The van der Waals surface area contributed by atoms with Gasteiger partial charge < -0.3 is 15.6 Å². The molecule has 1 aliphatic heterocycles. The summed E-state index contributed by atoms with van der Waals surface area (Å²) in [4.78, 5) is 8.33. The van der Waals surface area contributed by atoms with E-state index in [4.69, 9.17) is 15.6 Å². The first-order valence-corrected chi connectivity index (χ1v) is 7.92. The van der Waals surface area contributed by atoms with Crippen molar-refractivity contribution in [2.24, 2.45) is 0 Å². The van der Waals surface area contributed by atoms with Gasteiger partial charge in [0.05, 0.1) is 35.8 Å². The topological polar surface area (TPSA) is 98.6 Å². The number of hydrogen-bond donors (Lipinski definition) is 2. The van der Waals surface area contributed by atoms with Gasteiger partial charge in [0.1, 0.15) is 0 Å². The van der Waals surface area contributed by atoms with Crippen LogP contribution in [-0.2, 0) is 4.74 Å². The van der Waals surface area contributed by atoms with E-state index in [1.807, 2.05) is 37.4 Å². The minimum Gasteiger partial charge on any atom is -0.391 e. The molecule has 7 heteroatoms. The zero-order valence-electron chi connectivity index (χ0n) is 13.6. The van der Waals surface area contributed by atoms with E-state index in [1.165, 1.54) is 0 Å². The van der Waals surface area contributed by atoms with E-state index < -0.39 is 0 Å². The van der Waals surface area contributed by atoms with Gasteiger partial charge in [-0.25, -0.2) is 9.50 Å². The number of ether oxygens (including phenoxy) is 1. The lowest BCUT2D eigenvalue weighted by atomic mass is 10.2. The van der Waals surface area contributed by atoms with Crippen LogP contribution in [0, 0.1) is 6.92 Å². The van der Waals surface area contributed by atoms with E-state index in [1.54, 1.807) is 10.7 Å². The third-order valence-electron chi connectivity index (χ3n) is 3.73. The largest absolute Gasteiger partial charge is 0.391 e. The van der Waals surface area contributed by atoms with Gasteiger partial charge >= 0.3 is 0 Å². The average Bonchev–Trinajstić information content (AvgIpc) is 3.00. The third-order valence-corrected chi connectivity index (χ3v) is 3.73. The molecule has 0 radical (unpaired) electrons. The number of nitrogens with two attached hydrogens (primary N) is 1. The SMILES string of the molecule is Cc1ccc(-c2ccc3cnc(N)nn23)nc1.OC1CCCOC1. The number of aromatic nitrogens is 4. The second-order valence-electron chi connectivity index (χ2n) is 5.76. The van der Waals surface area contributed by atoms with Crippen molar-refractivity contribution in [3.05, 3.63) is 42.2 Å². The summed E-state index contributed by atoms with van der Waals surface area (Å²) < 4.78 is 6.68. The lowest BCUT2D eigenvalue weighted by Gasteiger charge is -2.15. The average molecular weight is 327 g/mol. The minimum absolute atomic E-state index is 0.186. The molecule has 1 fully saturated rings. The third kappa shape index (κ3) is 3.87. The first-order chi connectivity index (χ1) is 11.6. The molecule has 1 atom stereocenters. The fourth-order valence-corrected chi connectivity index (χ4v) is 2.45. The fourth-order valence-electron chi connectivity index (χ4n) is 2.45. The predicted molar refractivity (Wildman–Crippen MR) is 91.4 cm³/mol. The Morgan fingerprint density at radius 1 is 1.21 bits per heavy atom. The van der Waals surface area contributed by atoms with E-state index >= 15 is 0 Å². The molecular weight excluding hydrogens is 306 g/mol. The van der Waals surface area contributed by atoms with Crippen molar-refractivity contribution in [1.82, 2.24) is 19.6 Å². The molecule has 0 bridgehead atoms. The van der Waals surface area contributed by atoms with Gasteiger partial charge in [0.15, 0.2) is 0 Å². The smallest absolute Gasteiger partial charge is 0.238 e. The Morgan fingerprint density at radius 3 is 2.71 bits per heavy atom. The van der Waals surface area contributed by atoms with E-state index in [2.05, 4.69) is 15.1 Å². The second-order valence-corrected chi connectivity index (χ2v) is 5.76. The number of pyridine rings is 1. The van der Waals surface area contributed by atoms with Gasteiger partial charge in [0, 0.05) is 12.8 Å². The monoisotopic (exact) mass is 327 g/mol. The highest BCUT2D eigenvalue weighted by molar-refractivity contribution is 5.63. The van der Waals surface area contributed by atoms with Crippen molar-refractivity contribution >= 4 is 11.5 Å². The van der Waals surface area contributed by atoms with Crippen molar-refractivity contribution in [2.45, 2.75) is 25.9 Å². The van der Waals surface area contributed by atoms with Gasteiger partial charge in [-0.2, -0.15) is 0 Å². The fraction of sp³-hybridized carbons (Fsp3) is 0.353. The molecule has 1 unspecified atom stereocenters. The summed E-state index contributed by atoms with van der Waals surface area (Å²) >= 11 is 0. The van der Waals surface area contributed by atoms with E-state index in [9.17, 15) is 0 Å². The Balaban J connectivity index is 0.000000203. The lowest BCUT2D eigenvalue weighted by molar-refractivity contribution is -0.00535. The van der Waals surface area contributed by atoms with Crippen LogP contribution in [0.25, 0.3) is 16.9 Å². The standard InChI is InChI=1S/C12H11N5.C5H10O2/c1-8-2-4-10(14-6-8)11-5-3-9-7-15-12(13)16-17(9)11;6-5-2-1-3-7-4-5/h2-7H,1H3,(H2,13,16);5-6H,1-4H2. The number of rotatable bonds is 1. The van der Waals surface area contributed by atoms with Gasteiger partial charge in [-0.1, -0.05) is 6.07 Å². The van der Waals surface area contributed by atoms with Crippen molar-refractivity contribution in [2.75, 3.05) is 18.9 Å². The Morgan fingerprint density at radius 2 is 2.08 bits per heavy atom. The lowest BCUT2D eigenvalue weighted by Crippen LogP contribution is -2.21. The molecule has 4 heterocycles. The van der Waals surface area contributed by atoms with Gasteiger partial charge in [-0.3, -0.25) is 4.98 Å². The summed E-state index contributed by atoms with van der Waals surface area (Å²) in [6, 6.07) is 7.89. The summed E-state index contributed by atoms with van der Waals surface area (Å²) in [6.07, 6.45) is 5.27. The van der Waals surface area contributed by atoms with Crippen LogP contribution in [-0.4, -0.2) is 44.0 Å². The summed E-state index contributed by atoms with van der Waals surface area (Å²) in [5.41, 5.74) is 9.40. The number of fused-ring (bicyclic) bond motifs is 1. The molecule has 0 aromatic carbocycles. The quantitative estimate of drug-likeness (QED) is 0.707. The molecule has 3 N–H and O–H groups in total. The van der Waals surface area contributed by atoms with E-state index in [0.717, 1.165) is 41.9 Å². The normalized spacial score (nSPS) is 17.3. The maximum absolute atomic E-state index is 8.78. The van der Waals surface area contributed by atoms with E-state index in [0.29, 0.717) is 6.61 Å². The van der Waals surface area contributed by atoms with Crippen LogP contribution in [0.15, 0.2) is 36.7 Å². The van der Waals surface area contributed by atoms with Crippen molar-refractivity contribution < 1.29 is 9.84 Å². The van der Waals surface area contributed by atoms with Crippen LogP contribution in [0.4, 0.5) is 5.95 Å². The van der Waals surface area contributed by atoms with Crippen LogP contribution in [0.5, 0.6) is 0 Å². The zero-order valence-corrected chi connectivity index (χ0v) is 13.6. The number of nitrogens with zero attached hydrogens (tertiary/aromatic N) is 4. The van der Waals surface area contributed by atoms with Crippen LogP contribution < -0.4 is 5.73 Å². The van der Waals surface area contributed by atoms with Gasteiger partial charge in [-0.05, 0) is 43.5 Å². The number of aliphatic hydroxyl groups excluding tert-OH is 1. The first-order valence-electron chi connectivity index (χ1n) is 7.92. The summed E-state index contributed by atoms with van der Waals surface area (Å²) in [7, 11) is 0. The molecule has 3 aromatic heterocycles. The number of nitrogen functional groups attached to an aromatic ring is 1. The predicted octanol–water partition coefficient (Wildman–Crippen LogP) is 1.84. The maximum Gasteiger partial charge on any atom is 0.238 e. The molecule has 3 aromatic rings. The maximum atomic E-state index is 8.78. The highest BCUT2D eigenvalue weighted by Gasteiger charge is 2.08. The van der Waals surface area contributed by atoms with Crippen LogP contribution >= 0.6 is 0 Å². The Bertz CT molecular complexity index is 794. The van der Waals surface area contributed by atoms with Crippen molar-refractivity contribution in [3.63, 3.8) is 0 Å². The molecule has 7 nitrogen and oxygen atoms in total.